The lowest BCUT2D eigenvalue weighted by atomic mass is 9.93. The lowest BCUT2D eigenvalue weighted by Crippen LogP contribution is -2.19. The van der Waals surface area contributed by atoms with Gasteiger partial charge in [-0.1, -0.05) is 54.6 Å². The summed E-state index contributed by atoms with van der Waals surface area (Å²) in [6.45, 7) is 1.71. The standard InChI is InChI=1S/C28H22F2N2O4S/c1-16-24(31-27(35)36-15-17-5-3-2-4-6-17)25(37-32-16)21-14-22(29)20(13-23(21)30)18-7-9-19(10-8-18)28(11-12-28)26(33)34/h2-10,13-14H,11-12,15H2,1H3,(H,31,35)(H,33,34). The van der Waals surface area contributed by atoms with Crippen LogP contribution in [-0.2, 0) is 21.6 Å². The Morgan fingerprint density at radius 2 is 1.68 bits per heavy atom. The van der Waals surface area contributed by atoms with E-state index in [2.05, 4.69) is 9.69 Å². The maximum Gasteiger partial charge on any atom is 0.412 e. The first-order chi connectivity index (χ1) is 17.8. The third-order valence-electron chi connectivity index (χ3n) is 6.51. The molecule has 0 unspecified atom stereocenters. The molecule has 1 aliphatic carbocycles. The van der Waals surface area contributed by atoms with Gasteiger partial charge in [0.25, 0.3) is 0 Å². The second-order valence-corrected chi connectivity index (χ2v) is 9.71. The highest BCUT2D eigenvalue weighted by molar-refractivity contribution is 7.10. The molecule has 1 aliphatic rings. The van der Waals surface area contributed by atoms with Gasteiger partial charge in [0, 0.05) is 11.1 Å². The number of aromatic nitrogens is 1. The van der Waals surface area contributed by atoms with Crippen LogP contribution in [0.5, 0.6) is 0 Å². The fourth-order valence-electron chi connectivity index (χ4n) is 4.22. The highest BCUT2D eigenvalue weighted by Gasteiger charge is 2.51. The number of carbonyl (C=O) groups excluding carboxylic acids is 1. The van der Waals surface area contributed by atoms with E-state index in [4.69, 9.17) is 4.74 Å². The van der Waals surface area contributed by atoms with Crippen molar-refractivity contribution in [2.45, 2.75) is 31.8 Å². The zero-order valence-corrected chi connectivity index (χ0v) is 20.6. The molecular formula is C28H22F2N2O4S. The van der Waals surface area contributed by atoms with Crippen LogP contribution < -0.4 is 5.32 Å². The number of aryl methyl sites for hydroxylation is 1. The van der Waals surface area contributed by atoms with Gasteiger partial charge in [-0.25, -0.2) is 13.6 Å². The summed E-state index contributed by atoms with van der Waals surface area (Å²) in [6.07, 6.45) is 0.383. The van der Waals surface area contributed by atoms with E-state index in [0.717, 1.165) is 29.2 Å². The number of amides is 1. The summed E-state index contributed by atoms with van der Waals surface area (Å²) in [7, 11) is 0. The van der Waals surface area contributed by atoms with Crippen LogP contribution in [0.4, 0.5) is 19.3 Å². The van der Waals surface area contributed by atoms with Crippen molar-refractivity contribution < 1.29 is 28.2 Å². The second kappa shape index (κ2) is 9.74. The van der Waals surface area contributed by atoms with E-state index in [-0.39, 0.29) is 28.3 Å². The lowest BCUT2D eigenvalue weighted by molar-refractivity contribution is -0.140. The Bertz CT molecular complexity index is 1480. The smallest absolute Gasteiger partial charge is 0.412 e. The van der Waals surface area contributed by atoms with Crippen LogP contribution >= 0.6 is 11.5 Å². The number of anilines is 1. The van der Waals surface area contributed by atoms with Crippen molar-refractivity contribution in [1.29, 1.82) is 0 Å². The summed E-state index contributed by atoms with van der Waals surface area (Å²) < 4.78 is 39.9. The topological polar surface area (TPSA) is 88.5 Å². The molecule has 0 saturated heterocycles. The van der Waals surface area contributed by atoms with Crippen LogP contribution in [0, 0.1) is 18.6 Å². The van der Waals surface area contributed by atoms with Crippen LogP contribution in [0.25, 0.3) is 21.6 Å². The number of carboxylic acid groups (broad SMARTS) is 1. The molecule has 0 atom stereocenters. The Morgan fingerprint density at radius 1 is 1.03 bits per heavy atom. The lowest BCUT2D eigenvalue weighted by Gasteiger charge is -2.13. The minimum atomic E-state index is -0.880. The number of aliphatic carboxylic acids is 1. The molecule has 1 fully saturated rings. The quantitative estimate of drug-likeness (QED) is 0.276. The van der Waals surface area contributed by atoms with Crippen molar-refractivity contribution in [1.82, 2.24) is 4.37 Å². The van der Waals surface area contributed by atoms with Crippen molar-refractivity contribution >= 4 is 29.3 Å². The van der Waals surface area contributed by atoms with Gasteiger partial charge in [-0.2, -0.15) is 4.37 Å². The van der Waals surface area contributed by atoms with E-state index >= 15 is 8.78 Å². The summed E-state index contributed by atoms with van der Waals surface area (Å²) >= 11 is 0.942. The molecule has 6 nitrogen and oxygen atoms in total. The zero-order valence-electron chi connectivity index (χ0n) is 19.8. The number of carboxylic acids is 1. The third-order valence-corrected chi connectivity index (χ3v) is 7.48. The average molecular weight is 521 g/mol. The van der Waals surface area contributed by atoms with E-state index in [9.17, 15) is 14.7 Å². The van der Waals surface area contributed by atoms with Crippen LogP contribution in [-0.4, -0.2) is 21.5 Å². The van der Waals surface area contributed by atoms with Crippen molar-refractivity contribution in [3.05, 3.63) is 95.2 Å². The molecule has 37 heavy (non-hydrogen) atoms. The molecule has 5 rings (SSSR count). The number of benzene rings is 3. The molecule has 1 aromatic heterocycles. The molecule has 4 aromatic rings. The number of hydrogen-bond donors (Lipinski definition) is 2. The van der Waals surface area contributed by atoms with Gasteiger partial charge in [0.05, 0.1) is 21.7 Å². The average Bonchev–Trinajstić information content (AvgIpc) is 3.64. The van der Waals surface area contributed by atoms with Gasteiger partial charge >= 0.3 is 12.1 Å². The van der Waals surface area contributed by atoms with Crippen LogP contribution in [0.3, 0.4) is 0 Å². The Labute approximate surface area is 215 Å². The zero-order chi connectivity index (χ0) is 26.2. The van der Waals surface area contributed by atoms with E-state index in [1.807, 2.05) is 30.3 Å². The van der Waals surface area contributed by atoms with Gasteiger partial charge < -0.3 is 9.84 Å². The van der Waals surface area contributed by atoms with E-state index in [1.54, 1.807) is 31.2 Å². The Balaban J connectivity index is 1.37. The Morgan fingerprint density at radius 3 is 2.32 bits per heavy atom. The molecule has 2 N–H and O–H groups in total. The fraction of sp³-hybridized carbons (Fsp3) is 0.179. The van der Waals surface area contributed by atoms with Gasteiger partial charge in [-0.3, -0.25) is 10.1 Å². The Hall–Kier alpha value is -4.11. The monoisotopic (exact) mass is 520 g/mol. The van der Waals surface area contributed by atoms with E-state index in [1.165, 1.54) is 0 Å². The maximum absolute atomic E-state index is 15.3. The normalized spacial score (nSPS) is 13.7. The first-order valence-corrected chi connectivity index (χ1v) is 12.3. The van der Waals surface area contributed by atoms with Gasteiger partial charge in [-0.15, -0.1) is 0 Å². The van der Waals surface area contributed by atoms with Gasteiger partial charge in [0.2, 0.25) is 0 Å². The second-order valence-electron chi connectivity index (χ2n) is 8.94. The fourth-order valence-corrected chi connectivity index (χ4v) is 5.09. The predicted octanol–water partition coefficient (Wildman–Crippen LogP) is 6.93. The molecule has 188 valence electrons. The number of rotatable bonds is 7. The summed E-state index contributed by atoms with van der Waals surface area (Å²) in [5.74, 6) is -2.23. The highest BCUT2D eigenvalue weighted by atomic mass is 32.1. The first-order valence-electron chi connectivity index (χ1n) is 11.6. The van der Waals surface area contributed by atoms with Crippen LogP contribution in [0.1, 0.15) is 29.7 Å². The minimum Gasteiger partial charge on any atom is -0.481 e. The molecule has 1 amide bonds. The first kappa shape index (κ1) is 24.6. The van der Waals surface area contributed by atoms with E-state index < -0.39 is 29.1 Å². The summed E-state index contributed by atoms with van der Waals surface area (Å²) in [5, 5.41) is 12.1. The van der Waals surface area contributed by atoms with Gasteiger partial charge in [0.1, 0.15) is 18.2 Å². The van der Waals surface area contributed by atoms with E-state index in [0.29, 0.717) is 29.7 Å². The predicted molar refractivity (Wildman–Crippen MR) is 136 cm³/mol. The van der Waals surface area contributed by atoms with Crippen LogP contribution in [0.15, 0.2) is 66.7 Å². The molecular weight excluding hydrogens is 498 g/mol. The number of halogens is 2. The molecule has 0 radical (unpaired) electrons. The summed E-state index contributed by atoms with van der Waals surface area (Å²) in [5.41, 5.74) is 1.72. The minimum absolute atomic E-state index is 0.0374. The molecule has 0 aliphatic heterocycles. The number of hydrogen-bond acceptors (Lipinski definition) is 5. The molecule has 0 spiro atoms. The van der Waals surface area contributed by atoms with Gasteiger partial charge in [-0.05, 0) is 60.1 Å². The molecule has 1 saturated carbocycles. The highest BCUT2D eigenvalue weighted by Crippen LogP contribution is 2.48. The molecule has 1 heterocycles. The van der Waals surface area contributed by atoms with Crippen molar-refractivity contribution in [3.8, 4) is 21.6 Å². The Kier molecular flexibility index (Phi) is 6.47. The van der Waals surface area contributed by atoms with Crippen molar-refractivity contribution in [2.75, 3.05) is 5.32 Å². The molecule has 9 heteroatoms. The van der Waals surface area contributed by atoms with Gasteiger partial charge in [0.15, 0.2) is 0 Å². The maximum atomic E-state index is 15.3. The summed E-state index contributed by atoms with van der Waals surface area (Å²) in [4.78, 5) is 24.2. The van der Waals surface area contributed by atoms with Crippen molar-refractivity contribution in [3.63, 3.8) is 0 Å². The number of nitrogens with zero attached hydrogens (tertiary/aromatic N) is 1. The van der Waals surface area contributed by atoms with Crippen molar-refractivity contribution in [2.24, 2.45) is 0 Å². The number of nitrogens with one attached hydrogen (secondary N) is 1. The molecule has 0 bridgehead atoms. The number of carbonyl (C=O) groups is 2. The SMILES string of the molecule is Cc1nsc(-c2cc(F)c(-c3ccc(C4(C(=O)O)CC4)cc3)cc2F)c1NC(=O)OCc1ccccc1. The molecule has 3 aromatic carbocycles. The third kappa shape index (κ3) is 4.82. The largest absolute Gasteiger partial charge is 0.481 e. The van der Waals surface area contributed by atoms with Crippen LogP contribution in [0.2, 0.25) is 0 Å². The summed E-state index contributed by atoms with van der Waals surface area (Å²) in [6, 6.07) is 17.8. The number of ether oxygens (including phenoxy) is 1.